The zero-order valence-electron chi connectivity index (χ0n) is 21.0. The van der Waals surface area contributed by atoms with E-state index in [9.17, 15) is 34.7 Å². The molecule has 0 spiro atoms. The molecule has 2 heterocycles. The summed E-state index contributed by atoms with van der Waals surface area (Å²) < 4.78 is 26.8. The predicted molar refractivity (Wildman–Crippen MR) is 139 cm³/mol. The number of fused-ring (bicyclic) bond motifs is 2. The topological polar surface area (TPSA) is 154 Å². The summed E-state index contributed by atoms with van der Waals surface area (Å²) in [6, 6.07) is 16.4. The first-order valence-corrected chi connectivity index (χ1v) is 12.3. The normalized spacial score (nSPS) is 25.2. The largest absolute Gasteiger partial charge is 0.494 e. The van der Waals surface area contributed by atoms with Crippen LogP contribution in [-0.4, -0.2) is 86.5 Å². The second-order valence-electron chi connectivity index (χ2n) is 9.65. The molecule has 0 saturated carbocycles. The van der Waals surface area contributed by atoms with Gasteiger partial charge in [0.05, 0.1) is 31.4 Å². The SMILES string of the molecule is COc1cc2c(cc1F)c(C(=O)N[C@@]1(CO)C(O)O[C@H](CO)[C@@H](O)[C@@H]1O)cn2Cc1ccc2ccccc2c1. The van der Waals surface area contributed by atoms with Gasteiger partial charge < -0.3 is 44.9 Å². The zero-order chi connectivity index (χ0) is 27.9. The Morgan fingerprint density at radius 1 is 1.10 bits per heavy atom. The van der Waals surface area contributed by atoms with Gasteiger partial charge in [0.1, 0.15) is 23.9 Å². The quantitative estimate of drug-likeness (QED) is 0.202. The second kappa shape index (κ2) is 10.5. The lowest BCUT2D eigenvalue weighted by Gasteiger charge is -2.48. The van der Waals surface area contributed by atoms with Crippen LogP contribution in [0.3, 0.4) is 0 Å². The molecule has 6 N–H and O–H groups in total. The molecule has 11 heteroatoms. The summed E-state index contributed by atoms with van der Waals surface area (Å²) in [5.74, 6) is -1.60. The van der Waals surface area contributed by atoms with Crippen LogP contribution in [0.15, 0.2) is 60.8 Å². The molecule has 5 rings (SSSR count). The fraction of sp³-hybridized carbons (Fsp3) is 0.321. The van der Waals surface area contributed by atoms with Crippen LogP contribution >= 0.6 is 0 Å². The van der Waals surface area contributed by atoms with E-state index in [1.54, 1.807) is 4.57 Å². The zero-order valence-corrected chi connectivity index (χ0v) is 21.0. The van der Waals surface area contributed by atoms with E-state index >= 15 is 0 Å². The van der Waals surface area contributed by atoms with Crippen LogP contribution in [0.25, 0.3) is 21.7 Å². The number of methoxy groups -OCH3 is 1. The molecular formula is C28H29FN2O8. The highest BCUT2D eigenvalue weighted by Crippen LogP contribution is 2.32. The lowest BCUT2D eigenvalue weighted by atomic mass is 9.83. The number of nitrogens with zero attached hydrogens (tertiary/aromatic N) is 1. The van der Waals surface area contributed by atoms with Crippen molar-refractivity contribution in [3.63, 3.8) is 0 Å². The fourth-order valence-electron chi connectivity index (χ4n) is 5.09. The molecule has 3 aromatic carbocycles. The van der Waals surface area contributed by atoms with Gasteiger partial charge in [-0.25, -0.2) is 4.39 Å². The van der Waals surface area contributed by atoms with Crippen molar-refractivity contribution in [2.45, 2.75) is 36.7 Å². The number of halogens is 1. The number of rotatable bonds is 7. The van der Waals surface area contributed by atoms with E-state index in [0.29, 0.717) is 12.1 Å². The summed E-state index contributed by atoms with van der Waals surface area (Å²) in [7, 11) is 1.33. The molecule has 0 radical (unpaired) electrons. The Kier molecular flexibility index (Phi) is 7.29. The smallest absolute Gasteiger partial charge is 0.254 e. The maximum atomic E-state index is 14.8. The molecule has 10 nitrogen and oxygen atoms in total. The molecule has 1 aliphatic heterocycles. The Hall–Kier alpha value is -3.58. The first-order valence-electron chi connectivity index (χ1n) is 12.3. The molecule has 0 aliphatic carbocycles. The number of carbonyl (C=O) groups is 1. The predicted octanol–water partition coefficient (Wildman–Crippen LogP) is 0.883. The summed E-state index contributed by atoms with van der Waals surface area (Å²) in [5, 5.41) is 55.8. The average molecular weight is 541 g/mol. The average Bonchev–Trinajstić information content (AvgIpc) is 3.29. The molecule has 5 atom stereocenters. The van der Waals surface area contributed by atoms with Gasteiger partial charge in [-0.15, -0.1) is 0 Å². The summed E-state index contributed by atoms with van der Waals surface area (Å²) in [6.07, 6.45) is -5.42. The minimum atomic E-state index is -2.22. The van der Waals surface area contributed by atoms with Crippen molar-refractivity contribution in [1.29, 1.82) is 0 Å². The fourth-order valence-corrected chi connectivity index (χ4v) is 5.09. The van der Waals surface area contributed by atoms with Gasteiger partial charge >= 0.3 is 0 Å². The number of aliphatic hydroxyl groups excluding tert-OH is 5. The molecule has 1 amide bonds. The number of carbonyl (C=O) groups excluding carboxylic acids is 1. The minimum absolute atomic E-state index is 0.0154. The first kappa shape index (κ1) is 27.0. The van der Waals surface area contributed by atoms with Crippen LogP contribution in [-0.2, 0) is 11.3 Å². The van der Waals surface area contributed by atoms with Crippen molar-refractivity contribution in [1.82, 2.24) is 9.88 Å². The maximum absolute atomic E-state index is 14.8. The van der Waals surface area contributed by atoms with E-state index in [1.807, 2.05) is 42.5 Å². The molecule has 39 heavy (non-hydrogen) atoms. The lowest BCUT2D eigenvalue weighted by Crippen LogP contribution is -2.74. The number of aromatic nitrogens is 1. The first-order chi connectivity index (χ1) is 18.7. The third kappa shape index (κ3) is 4.63. The van der Waals surface area contributed by atoms with E-state index in [0.717, 1.165) is 22.4 Å². The van der Waals surface area contributed by atoms with Gasteiger partial charge in [0.2, 0.25) is 0 Å². The molecule has 1 aliphatic rings. The number of aliphatic hydroxyl groups is 5. The van der Waals surface area contributed by atoms with Gasteiger partial charge in [0.25, 0.3) is 5.91 Å². The van der Waals surface area contributed by atoms with Crippen molar-refractivity contribution in [2.24, 2.45) is 0 Å². The van der Waals surface area contributed by atoms with E-state index in [-0.39, 0.29) is 16.7 Å². The third-order valence-corrected chi connectivity index (χ3v) is 7.33. The Morgan fingerprint density at radius 3 is 2.54 bits per heavy atom. The van der Waals surface area contributed by atoms with Crippen molar-refractivity contribution in [2.75, 3.05) is 20.3 Å². The molecule has 0 bridgehead atoms. The second-order valence-corrected chi connectivity index (χ2v) is 9.65. The van der Waals surface area contributed by atoms with Crippen molar-refractivity contribution < 1.29 is 44.2 Å². The van der Waals surface area contributed by atoms with Crippen LogP contribution in [0, 0.1) is 5.82 Å². The van der Waals surface area contributed by atoms with E-state index in [1.165, 1.54) is 19.4 Å². The third-order valence-electron chi connectivity index (χ3n) is 7.33. The van der Waals surface area contributed by atoms with Crippen LogP contribution in [0.5, 0.6) is 5.75 Å². The van der Waals surface area contributed by atoms with Crippen LogP contribution in [0.2, 0.25) is 0 Å². The molecule has 1 fully saturated rings. The monoisotopic (exact) mass is 540 g/mol. The number of amides is 1. The Bertz CT molecular complexity index is 1520. The highest BCUT2D eigenvalue weighted by atomic mass is 19.1. The van der Waals surface area contributed by atoms with E-state index < -0.39 is 55.1 Å². The molecule has 206 valence electrons. The Morgan fingerprint density at radius 2 is 1.85 bits per heavy atom. The molecule has 1 saturated heterocycles. The highest BCUT2D eigenvalue weighted by molar-refractivity contribution is 6.07. The van der Waals surface area contributed by atoms with Crippen LogP contribution in [0.1, 0.15) is 15.9 Å². The van der Waals surface area contributed by atoms with Gasteiger partial charge in [0, 0.05) is 24.2 Å². The number of ether oxygens (including phenoxy) is 2. The lowest BCUT2D eigenvalue weighted by molar-refractivity contribution is -0.288. The van der Waals surface area contributed by atoms with Crippen molar-refractivity contribution in [3.8, 4) is 5.75 Å². The van der Waals surface area contributed by atoms with Gasteiger partial charge in [-0.1, -0.05) is 36.4 Å². The molecule has 1 aromatic heterocycles. The minimum Gasteiger partial charge on any atom is -0.494 e. The summed E-state index contributed by atoms with van der Waals surface area (Å²) in [4.78, 5) is 13.5. The van der Waals surface area contributed by atoms with Crippen LogP contribution < -0.4 is 10.1 Å². The number of hydrogen-bond donors (Lipinski definition) is 6. The molecular weight excluding hydrogens is 511 g/mol. The number of nitrogens with one attached hydrogen (secondary N) is 1. The van der Waals surface area contributed by atoms with Gasteiger partial charge in [-0.2, -0.15) is 0 Å². The van der Waals surface area contributed by atoms with E-state index in [4.69, 9.17) is 9.47 Å². The molecule has 1 unspecified atom stereocenters. The Balaban J connectivity index is 1.55. The van der Waals surface area contributed by atoms with Crippen LogP contribution in [0.4, 0.5) is 4.39 Å². The highest BCUT2D eigenvalue weighted by Gasteiger charge is 2.56. The standard InChI is InChI=1S/C28H29FN2O8/c1-38-22-10-21-18(9-20(22)29)19(12-31(21)11-15-6-7-16-4-2-3-5-17(16)8-15)26(36)30-28(14-33)25(35)24(34)23(13-32)39-27(28)37/h2-10,12,23-25,27,32-35,37H,11,13-14H2,1H3,(H,30,36)/t23-,24-,25+,27?,28-/m1/s1. The number of hydrogen-bond acceptors (Lipinski definition) is 8. The summed E-state index contributed by atoms with van der Waals surface area (Å²) in [5.41, 5.74) is -0.846. The van der Waals surface area contributed by atoms with E-state index in [2.05, 4.69) is 5.32 Å². The summed E-state index contributed by atoms with van der Waals surface area (Å²) in [6.45, 7) is -1.40. The van der Waals surface area contributed by atoms with Crippen molar-refractivity contribution in [3.05, 3.63) is 77.7 Å². The number of benzene rings is 3. The van der Waals surface area contributed by atoms with Gasteiger partial charge in [-0.05, 0) is 28.5 Å². The maximum Gasteiger partial charge on any atom is 0.254 e. The summed E-state index contributed by atoms with van der Waals surface area (Å²) >= 11 is 0. The molecule has 4 aromatic rings. The van der Waals surface area contributed by atoms with Crippen molar-refractivity contribution >= 4 is 27.6 Å². The van der Waals surface area contributed by atoms with Gasteiger partial charge in [-0.3, -0.25) is 4.79 Å². The van der Waals surface area contributed by atoms with Gasteiger partial charge in [0.15, 0.2) is 17.9 Å². The Labute approximate surface area is 222 Å².